The standard InChI is InChI=1S/C18H18ClN3OS/c1-22-17(11-13-7-9-15(23-2)10-8-13)20-21-18(22)24-12-14-5-3-4-6-16(14)19/h3-10H,11-12H2,1-2H3. The highest BCUT2D eigenvalue weighted by Crippen LogP contribution is 2.26. The van der Waals surface area contributed by atoms with Gasteiger partial charge in [-0.15, -0.1) is 10.2 Å². The van der Waals surface area contributed by atoms with Gasteiger partial charge in [-0.3, -0.25) is 0 Å². The van der Waals surface area contributed by atoms with E-state index in [1.807, 2.05) is 60.1 Å². The van der Waals surface area contributed by atoms with Gasteiger partial charge in [0.25, 0.3) is 0 Å². The molecule has 24 heavy (non-hydrogen) atoms. The Morgan fingerprint density at radius 3 is 2.54 bits per heavy atom. The number of hydrogen-bond acceptors (Lipinski definition) is 4. The lowest BCUT2D eigenvalue weighted by Crippen LogP contribution is -2.00. The smallest absolute Gasteiger partial charge is 0.191 e. The Labute approximate surface area is 150 Å². The molecule has 0 radical (unpaired) electrons. The van der Waals surface area contributed by atoms with E-state index in [0.29, 0.717) is 0 Å². The largest absolute Gasteiger partial charge is 0.497 e. The first kappa shape index (κ1) is 16.9. The number of thioether (sulfide) groups is 1. The van der Waals surface area contributed by atoms with Crippen molar-refractivity contribution in [2.75, 3.05) is 7.11 Å². The van der Waals surface area contributed by atoms with Crippen LogP contribution in [0.1, 0.15) is 17.0 Å². The van der Waals surface area contributed by atoms with Gasteiger partial charge in [0.1, 0.15) is 11.6 Å². The van der Waals surface area contributed by atoms with Crippen LogP contribution < -0.4 is 4.74 Å². The molecule has 1 heterocycles. The van der Waals surface area contributed by atoms with Crippen LogP contribution in [0.4, 0.5) is 0 Å². The highest BCUT2D eigenvalue weighted by Gasteiger charge is 2.11. The lowest BCUT2D eigenvalue weighted by Gasteiger charge is -2.06. The molecule has 0 amide bonds. The Hall–Kier alpha value is -1.98. The molecule has 0 aliphatic heterocycles. The minimum absolute atomic E-state index is 0.736. The summed E-state index contributed by atoms with van der Waals surface area (Å²) < 4.78 is 7.22. The SMILES string of the molecule is COc1ccc(Cc2nnc(SCc3ccccc3Cl)n2C)cc1. The Balaban J connectivity index is 1.68. The Morgan fingerprint density at radius 1 is 1.08 bits per heavy atom. The van der Waals surface area contributed by atoms with E-state index in [2.05, 4.69) is 10.2 Å². The van der Waals surface area contributed by atoms with Crippen LogP contribution in [0, 0.1) is 0 Å². The summed E-state index contributed by atoms with van der Waals surface area (Å²) in [6.07, 6.45) is 0.736. The molecule has 4 nitrogen and oxygen atoms in total. The summed E-state index contributed by atoms with van der Waals surface area (Å²) in [6, 6.07) is 15.9. The van der Waals surface area contributed by atoms with E-state index in [-0.39, 0.29) is 0 Å². The van der Waals surface area contributed by atoms with E-state index < -0.39 is 0 Å². The molecule has 1 aromatic heterocycles. The zero-order valence-electron chi connectivity index (χ0n) is 13.6. The van der Waals surface area contributed by atoms with Crippen LogP contribution in [0.3, 0.4) is 0 Å². The minimum atomic E-state index is 0.736. The lowest BCUT2D eigenvalue weighted by atomic mass is 10.1. The molecule has 0 saturated carbocycles. The topological polar surface area (TPSA) is 39.9 Å². The highest BCUT2D eigenvalue weighted by molar-refractivity contribution is 7.98. The number of hydrogen-bond donors (Lipinski definition) is 0. The Bertz CT molecular complexity index is 817. The zero-order chi connectivity index (χ0) is 16.9. The van der Waals surface area contributed by atoms with Gasteiger partial charge in [0.2, 0.25) is 0 Å². The Kier molecular flexibility index (Phi) is 5.43. The predicted molar refractivity (Wildman–Crippen MR) is 97.8 cm³/mol. The second-order valence-corrected chi connectivity index (χ2v) is 6.71. The molecule has 6 heteroatoms. The number of halogens is 1. The summed E-state index contributed by atoms with van der Waals surface area (Å²) in [5.74, 6) is 2.56. The van der Waals surface area contributed by atoms with E-state index in [4.69, 9.17) is 16.3 Å². The molecule has 0 fully saturated rings. The van der Waals surface area contributed by atoms with E-state index in [0.717, 1.165) is 39.5 Å². The summed E-state index contributed by atoms with van der Waals surface area (Å²) in [4.78, 5) is 0. The van der Waals surface area contributed by atoms with Gasteiger partial charge < -0.3 is 9.30 Å². The molecule has 0 saturated heterocycles. The first-order chi connectivity index (χ1) is 11.7. The molecule has 2 aromatic carbocycles. The number of benzene rings is 2. The molecule has 124 valence electrons. The summed E-state index contributed by atoms with van der Waals surface area (Å²) in [6.45, 7) is 0. The molecule has 0 bridgehead atoms. The van der Waals surface area contributed by atoms with Crippen LogP contribution >= 0.6 is 23.4 Å². The quantitative estimate of drug-likeness (QED) is 0.613. The van der Waals surface area contributed by atoms with E-state index in [9.17, 15) is 0 Å². The third kappa shape index (κ3) is 3.91. The maximum atomic E-state index is 6.20. The zero-order valence-corrected chi connectivity index (χ0v) is 15.1. The van der Waals surface area contributed by atoms with Gasteiger partial charge in [0.15, 0.2) is 5.16 Å². The molecule has 0 N–H and O–H groups in total. The normalized spacial score (nSPS) is 10.8. The fraction of sp³-hybridized carbons (Fsp3) is 0.222. The van der Waals surface area contributed by atoms with Crippen LogP contribution in [0.15, 0.2) is 53.7 Å². The second-order valence-electron chi connectivity index (χ2n) is 5.36. The number of aromatic nitrogens is 3. The van der Waals surface area contributed by atoms with Crippen molar-refractivity contribution >= 4 is 23.4 Å². The van der Waals surface area contributed by atoms with Crippen molar-refractivity contribution in [1.82, 2.24) is 14.8 Å². The summed E-state index contributed by atoms with van der Waals surface area (Å²) in [5.41, 5.74) is 2.28. The molecule has 3 rings (SSSR count). The van der Waals surface area contributed by atoms with Crippen molar-refractivity contribution in [3.05, 3.63) is 70.5 Å². The number of methoxy groups -OCH3 is 1. The third-order valence-electron chi connectivity index (χ3n) is 3.76. The molecular weight excluding hydrogens is 342 g/mol. The lowest BCUT2D eigenvalue weighted by molar-refractivity contribution is 0.414. The van der Waals surface area contributed by atoms with Crippen molar-refractivity contribution in [2.24, 2.45) is 7.05 Å². The predicted octanol–water partition coefficient (Wildman–Crippen LogP) is 4.36. The van der Waals surface area contributed by atoms with E-state index in [1.165, 1.54) is 5.56 Å². The maximum absolute atomic E-state index is 6.20. The minimum Gasteiger partial charge on any atom is -0.497 e. The van der Waals surface area contributed by atoms with E-state index >= 15 is 0 Å². The van der Waals surface area contributed by atoms with Crippen LogP contribution in [-0.2, 0) is 19.2 Å². The molecule has 3 aromatic rings. The van der Waals surface area contributed by atoms with Gasteiger partial charge in [0.05, 0.1) is 7.11 Å². The third-order valence-corrected chi connectivity index (χ3v) is 5.20. The number of rotatable bonds is 6. The van der Waals surface area contributed by atoms with Gasteiger partial charge in [-0.1, -0.05) is 53.7 Å². The molecule has 0 aliphatic carbocycles. The van der Waals surface area contributed by atoms with Crippen LogP contribution in [0.5, 0.6) is 5.75 Å². The fourth-order valence-electron chi connectivity index (χ4n) is 2.31. The van der Waals surface area contributed by atoms with Gasteiger partial charge in [0, 0.05) is 24.2 Å². The molecule has 0 aliphatic rings. The van der Waals surface area contributed by atoms with Crippen molar-refractivity contribution in [1.29, 1.82) is 0 Å². The van der Waals surface area contributed by atoms with Gasteiger partial charge in [-0.25, -0.2) is 0 Å². The van der Waals surface area contributed by atoms with Gasteiger partial charge in [-0.05, 0) is 29.3 Å². The second kappa shape index (κ2) is 7.73. The maximum Gasteiger partial charge on any atom is 0.191 e. The monoisotopic (exact) mass is 359 g/mol. The first-order valence-electron chi connectivity index (χ1n) is 7.55. The van der Waals surface area contributed by atoms with Crippen molar-refractivity contribution in [2.45, 2.75) is 17.3 Å². The van der Waals surface area contributed by atoms with Crippen molar-refractivity contribution in [3.8, 4) is 5.75 Å². The fourth-order valence-corrected chi connectivity index (χ4v) is 3.52. The number of ether oxygens (including phenoxy) is 1. The average Bonchev–Trinajstić information content (AvgIpc) is 2.95. The van der Waals surface area contributed by atoms with E-state index in [1.54, 1.807) is 18.9 Å². The first-order valence-corrected chi connectivity index (χ1v) is 8.91. The van der Waals surface area contributed by atoms with Crippen LogP contribution in [0.25, 0.3) is 0 Å². The molecule has 0 unspecified atom stereocenters. The van der Waals surface area contributed by atoms with Crippen LogP contribution in [-0.4, -0.2) is 21.9 Å². The summed E-state index contributed by atoms with van der Waals surface area (Å²) in [7, 11) is 3.66. The molecule has 0 atom stereocenters. The van der Waals surface area contributed by atoms with Gasteiger partial charge in [-0.2, -0.15) is 0 Å². The summed E-state index contributed by atoms with van der Waals surface area (Å²) in [5, 5.41) is 10.3. The van der Waals surface area contributed by atoms with Crippen molar-refractivity contribution in [3.63, 3.8) is 0 Å². The summed E-state index contributed by atoms with van der Waals surface area (Å²) >= 11 is 7.84. The molecular formula is C18H18ClN3OS. The molecule has 0 spiro atoms. The average molecular weight is 360 g/mol. The van der Waals surface area contributed by atoms with Crippen LogP contribution in [0.2, 0.25) is 5.02 Å². The Morgan fingerprint density at radius 2 is 1.83 bits per heavy atom. The number of nitrogens with zero attached hydrogens (tertiary/aromatic N) is 3. The highest BCUT2D eigenvalue weighted by atomic mass is 35.5. The van der Waals surface area contributed by atoms with Crippen molar-refractivity contribution < 1.29 is 4.74 Å². The van der Waals surface area contributed by atoms with Gasteiger partial charge >= 0.3 is 0 Å².